The summed E-state index contributed by atoms with van der Waals surface area (Å²) in [5, 5.41) is 2.37. The number of nitrogens with one attached hydrogen (secondary N) is 1. The van der Waals surface area contributed by atoms with Crippen LogP contribution in [0.15, 0.2) is 11.6 Å². The molecule has 0 spiro atoms. The van der Waals surface area contributed by atoms with Gasteiger partial charge < -0.3 is 5.32 Å². The molecule has 1 N–H and O–H groups in total. The minimum Gasteiger partial charge on any atom is -0.351 e. The van der Waals surface area contributed by atoms with Gasteiger partial charge in [0.2, 0.25) is 5.91 Å². The van der Waals surface area contributed by atoms with E-state index < -0.39 is 24.9 Å². The Morgan fingerprint density at radius 1 is 1.46 bits per heavy atom. The maximum absolute atomic E-state index is 11.6. The Bertz CT molecular complexity index is 202. The van der Waals surface area contributed by atoms with Crippen molar-refractivity contribution in [3.05, 3.63) is 11.6 Å². The highest BCUT2D eigenvalue weighted by atomic mass is 35.5. The maximum atomic E-state index is 11.6. The zero-order valence-electron chi connectivity index (χ0n) is 6.75. The van der Waals surface area contributed by atoms with Crippen LogP contribution in [0.4, 0.5) is 13.2 Å². The van der Waals surface area contributed by atoms with Gasteiger partial charge in [-0.3, -0.25) is 4.79 Å². The fourth-order valence-corrected chi connectivity index (χ4v) is 0.605. The minimum atomic E-state index is -4.30. The number of rotatable bonds is 4. The normalized spacial score (nSPS) is 11.1. The molecule has 0 heterocycles. The third-order valence-electron chi connectivity index (χ3n) is 1.11. The first kappa shape index (κ1) is 12.3. The Labute approximate surface area is 78.8 Å². The summed E-state index contributed by atoms with van der Waals surface area (Å²) in [4.78, 5) is 10.7. The fraction of sp³-hybridized carbons (Fsp3) is 0.571. The van der Waals surface area contributed by atoms with E-state index in [0.717, 1.165) is 0 Å². The second-order valence-electron chi connectivity index (χ2n) is 2.41. The number of alkyl halides is 3. The molecule has 0 aliphatic carbocycles. The first-order chi connectivity index (χ1) is 5.81. The quantitative estimate of drug-likeness (QED) is 0.765. The van der Waals surface area contributed by atoms with E-state index in [2.05, 4.69) is 11.9 Å². The lowest BCUT2D eigenvalue weighted by atomic mass is 10.3. The fourth-order valence-electron chi connectivity index (χ4n) is 0.538. The molecule has 0 radical (unpaired) electrons. The molecule has 1 amide bonds. The van der Waals surface area contributed by atoms with Crippen molar-refractivity contribution < 1.29 is 18.0 Å². The molecule has 0 aliphatic rings. The standard InChI is InChI=1S/C7H9ClF3NO/c1-5(8)4-12-6(13)2-3-7(9,10)11/h1-4H2,(H,12,13). The summed E-state index contributed by atoms with van der Waals surface area (Å²) in [5.74, 6) is -0.681. The molecule has 13 heavy (non-hydrogen) atoms. The average molecular weight is 216 g/mol. The number of halogens is 4. The molecule has 0 fully saturated rings. The van der Waals surface area contributed by atoms with Crippen LogP contribution < -0.4 is 5.32 Å². The van der Waals surface area contributed by atoms with Crippen LogP contribution in [0.25, 0.3) is 0 Å². The zero-order chi connectivity index (χ0) is 10.5. The van der Waals surface area contributed by atoms with E-state index in [1.54, 1.807) is 0 Å². The van der Waals surface area contributed by atoms with E-state index in [0.29, 0.717) is 0 Å². The molecule has 6 heteroatoms. The van der Waals surface area contributed by atoms with Crippen LogP contribution in [0, 0.1) is 0 Å². The van der Waals surface area contributed by atoms with E-state index in [1.165, 1.54) is 0 Å². The van der Waals surface area contributed by atoms with E-state index in [-0.39, 0.29) is 11.6 Å². The van der Waals surface area contributed by atoms with Gasteiger partial charge in [0.15, 0.2) is 0 Å². The van der Waals surface area contributed by atoms with Gasteiger partial charge in [0.05, 0.1) is 13.0 Å². The molecule has 2 nitrogen and oxygen atoms in total. The van der Waals surface area contributed by atoms with Crippen molar-refractivity contribution in [3.8, 4) is 0 Å². The van der Waals surface area contributed by atoms with Crippen LogP contribution in [0.1, 0.15) is 12.8 Å². The highest BCUT2D eigenvalue weighted by Gasteiger charge is 2.27. The van der Waals surface area contributed by atoms with Crippen LogP contribution in [0.3, 0.4) is 0 Å². The van der Waals surface area contributed by atoms with Crippen molar-refractivity contribution in [3.63, 3.8) is 0 Å². The van der Waals surface area contributed by atoms with Crippen molar-refractivity contribution in [2.75, 3.05) is 6.54 Å². The maximum Gasteiger partial charge on any atom is 0.389 e. The molecule has 0 atom stereocenters. The average Bonchev–Trinajstić information content (AvgIpc) is 1.95. The third-order valence-corrected chi connectivity index (χ3v) is 1.25. The summed E-state index contributed by atoms with van der Waals surface area (Å²) < 4.78 is 34.8. The lowest BCUT2D eigenvalue weighted by Gasteiger charge is -2.06. The van der Waals surface area contributed by atoms with Gasteiger partial charge in [0.1, 0.15) is 0 Å². The molecule has 0 aromatic heterocycles. The SMILES string of the molecule is C=C(Cl)CNC(=O)CCC(F)(F)F. The van der Waals surface area contributed by atoms with Gasteiger partial charge in [0.25, 0.3) is 0 Å². The molecule has 76 valence electrons. The molecule has 0 saturated carbocycles. The third kappa shape index (κ3) is 9.20. The predicted octanol–water partition coefficient (Wildman–Crippen LogP) is 2.20. The van der Waals surface area contributed by atoms with Crippen LogP contribution in [0.2, 0.25) is 0 Å². The van der Waals surface area contributed by atoms with Crippen molar-refractivity contribution >= 4 is 17.5 Å². The highest BCUT2D eigenvalue weighted by Crippen LogP contribution is 2.20. The molecule has 0 bridgehead atoms. The summed E-state index contributed by atoms with van der Waals surface area (Å²) in [6.45, 7) is 3.26. The second kappa shape index (κ2) is 5.11. The first-order valence-electron chi connectivity index (χ1n) is 3.48. The van der Waals surface area contributed by atoms with Gasteiger partial charge in [-0.25, -0.2) is 0 Å². The van der Waals surface area contributed by atoms with E-state index in [4.69, 9.17) is 11.6 Å². The Hall–Kier alpha value is -0.710. The Balaban J connectivity index is 3.58. The Morgan fingerprint density at radius 3 is 2.38 bits per heavy atom. The van der Waals surface area contributed by atoms with Gasteiger partial charge in [-0.1, -0.05) is 18.2 Å². The second-order valence-corrected chi connectivity index (χ2v) is 2.94. The molecule has 0 unspecified atom stereocenters. The van der Waals surface area contributed by atoms with Crippen LogP contribution in [-0.4, -0.2) is 18.6 Å². The molecule has 0 saturated heterocycles. The number of amides is 1. The number of carbonyl (C=O) groups excluding carboxylic acids is 1. The number of hydrogen-bond donors (Lipinski definition) is 1. The monoisotopic (exact) mass is 215 g/mol. The lowest BCUT2D eigenvalue weighted by molar-refractivity contribution is -0.144. The molecular formula is C7H9ClF3NO. The summed E-state index contributed by atoms with van der Waals surface area (Å²) in [6, 6.07) is 0. The van der Waals surface area contributed by atoms with Gasteiger partial charge in [-0.05, 0) is 0 Å². The first-order valence-corrected chi connectivity index (χ1v) is 3.86. The summed E-state index contributed by atoms with van der Waals surface area (Å²) in [6.07, 6.45) is -5.99. The van der Waals surface area contributed by atoms with Crippen LogP contribution in [0.5, 0.6) is 0 Å². The van der Waals surface area contributed by atoms with Crippen molar-refractivity contribution in [2.24, 2.45) is 0 Å². The van der Waals surface area contributed by atoms with Gasteiger partial charge in [-0.2, -0.15) is 13.2 Å². The van der Waals surface area contributed by atoms with Gasteiger partial charge >= 0.3 is 6.18 Å². The van der Waals surface area contributed by atoms with Crippen LogP contribution >= 0.6 is 11.6 Å². The van der Waals surface area contributed by atoms with Crippen molar-refractivity contribution in [1.82, 2.24) is 5.32 Å². The minimum absolute atomic E-state index is 0.00174. The van der Waals surface area contributed by atoms with Crippen molar-refractivity contribution in [2.45, 2.75) is 19.0 Å². The van der Waals surface area contributed by atoms with Gasteiger partial charge in [-0.15, -0.1) is 0 Å². The molecule has 0 aromatic rings. The summed E-state index contributed by atoms with van der Waals surface area (Å²) in [5.41, 5.74) is 0. The Morgan fingerprint density at radius 2 is 2.00 bits per heavy atom. The number of carbonyl (C=O) groups is 1. The van der Waals surface area contributed by atoms with E-state index >= 15 is 0 Å². The predicted molar refractivity (Wildman–Crippen MR) is 43.3 cm³/mol. The van der Waals surface area contributed by atoms with E-state index in [1.807, 2.05) is 0 Å². The summed E-state index contributed by atoms with van der Waals surface area (Å²) >= 11 is 5.28. The topological polar surface area (TPSA) is 29.1 Å². The molecule has 0 rings (SSSR count). The lowest BCUT2D eigenvalue weighted by Crippen LogP contribution is -2.25. The van der Waals surface area contributed by atoms with E-state index in [9.17, 15) is 18.0 Å². The van der Waals surface area contributed by atoms with Crippen LogP contribution in [-0.2, 0) is 4.79 Å². The van der Waals surface area contributed by atoms with Crippen molar-refractivity contribution in [1.29, 1.82) is 0 Å². The molecule has 0 aliphatic heterocycles. The summed E-state index contributed by atoms with van der Waals surface area (Å²) in [7, 11) is 0. The smallest absolute Gasteiger partial charge is 0.351 e. The number of hydrogen-bond acceptors (Lipinski definition) is 1. The zero-order valence-corrected chi connectivity index (χ0v) is 7.50. The Kier molecular flexibility index (Phi) is 4.83. The largest absolute Gasteiger partial charge is 0.389 e. The molecule has 0 aromatic carbocycles. The molecular weight excluding hydrogens is 207 g/mol. The van der Waals surface area contributed by atoms with Gasteiger partial charge in [0, 0.05) is 11.5 Å². The highest BCUT2D eigenvalue weighted by molar-refractivity contribution is 6.29.